The summed E-state index contributed by atoms with van der Waals surface area (Å²) in [7, 11) is 0. The Morgan fingerprint density at radius 2 is 1.58 bits per heavy atom. The molecule has 0 spiro atoms. The molecule has 0 aromatic heterocycles. The van der Waals surface area contributed by atoms with Crippen LogP contribution >= 0.6 is 0 Å². The van der Waals surface area contributed by atoms with Crippen molar-refractivity contribution in [1.82, 2.24) is 10.6 Å². The van der Waals surface area contributed by atoms with E-state index in [1.165, 1.54) is 13.0 Å². The molecule has 1 atom stereocenters. The van der Waals surface area contributed by atoms with Gasteiger partial charge in [-0.15, -0.1) is 0 Å². The van der Waals surface area contributed by atoms with Crippen molar-refractivity contribution < 1.29 is 0 Å². The van der Waals surface area contributed by atoms with Gasteiger partial charge < -0.3 is 10.6 Å². The maximum absolute atomic E-state index is 3.81. The summed E-state index contributed by atoms with van der Waals surface area (Å²) in [5, 5.41) is 7.52. The van der Waals surface area contributed by atoms with E-state index in [1.807, 2.05) is 0 Å². The van der Waals surface area contributed by atoms with Crippen molar-refractivity contribution in [2.75, 3.05) is 13.1 Å². The minimum atomic E-state index is 0.292. The van der Waals surface area contributed by atoms with E-state index in [-0.39, 0.29) is 0 Å². The largest absolute Gasteiger partial charge is 0.311 e. The van der Waals surface area contributed by atoms with E-state index in [9.17, 15) is 0 Å². The van der Waals surface area contributed by atoms with Crippen molar-refractivity contribution in [3.05, 3.63) is 0 Å². The lowest BCUT2D eigenvalue weighted by Crippen LogP contribution is -2.61. The van der Waals surface area contributed by atoms with Crippen LogP contribution in [0.5, 0.6) is 0 Å². The van der Waals surface area contributed by atoms with Gasteiger partial charge in [0.2, 0.25) is 0 Å². The van der Waals surface area contributed by atoms with Crippen LogP contribution in [-0.4, -0.2) is 24.7 Å². The molecule has 19 heavy (non-hydrogen) atoms. The maximum Gasteiger partial charge on any atom is 0.0250 e. The molecule has 2 heteroatoms. The molecule has 1 unspecified atom stereocenters. The molecule has 108 valence electrons. The maximum atomic E-state index is 3.81. The summed E-state index contributed by atoms with van der Waals surface area (Å²) in [6.45, 7) is 6.92. The molecule has 1 heterocycles. The molecule has 5 fully saturated rings. The van der Waals surface area contributed by atoms with Crippen LogP contribution in [0.25, 0.3) is 0 Å². The van der Waals surface area contributed by atoms with E-state index >= 15 is 0 Å². The Morgan fingerprint density at radius 1 is 0.947 bits per heavy atom. The zero-order valence-corrected chi connectivity index (χ0v) is 12.6. The lowest BCUT2D eigenvalue weighted by molar-refractivity contribution is -0.0443. The van der Waals surface area contributed by atoms with E-state index in [1.54, 1.807) is 32.1 Å². The number of nitrogens with one attached hydrogen (secondary N) is 2. The predicted molar refractivity (Wildman–Crippen MR) is 79.0 cm³/mol. The smallest absolute Gasteiger partial charge is 0.0250 e. The molecule has 5 aliphatic rings. The molecule has 0 amide bonds. The van der Waals surface area contributed by atoms with Crippen molar-refractivity contribution in [3.8, 4) is 0 Å². The second kappa shape index (κ2) is 4.46. The van der Waals surface area contributed by atoms with Gasteiger partial charge in [-0.25, -0.2) is 0 Å². The molecular formula is C17H30N2. The highest BCUT2D eigenvalue weighted by Crippen LogP contribution is 2.57. The fraction of sp³-hybridized carbons (Fsp3) is 1.00. The summed E-state index contributed by atoms with van der Waals surface area (Å²) in [6.07, 6.45) is 9.31. The van der Waals surface area contributed by atoms with Gasteiger partial charge in [-0.1, -0.05) is 0 Å². The number of hydrogen-bond donors (Lipinski definition) is 2. The Balaban J connectivity index is 1.38. The van der Waals surface area contributed by atoms with Crippen LogP contribution < -0.4 is 10.6 Å². The molecule has 4 saturated carbocycles. The van der Waals surface area contributed by atoms with E-state index in [0.717, 1.165) is 42.2 Å². The monoisotopic (exact) mass is 262 g/mol. The van der Waals surface area contributed by atoms with Crippen molar-refractivity contribution in [2.24, 2.45) is 29.6 Å². The first-order valence-electron chi connectivity index (χ1n) is 8.57. The van der Waals surface area contributed by atoms with Crippen LogP contribution in [0.1, 0.15) is 52.4 Å². The van der Waals surface area contributed by atoms with E-state index in [2.05, 4.69) is 24.5 Å². The standard InChI is InChI=1S/C17H30N2/c1-17(2)10-18-15(9-19-17)8-16-13-4-11-3-12(6-13)7-14(16)5-11/h11-16,18-19H,3-10H2,1-2H3. The lowest BCUT2D eigenvalue weighted by Gasteiger charge is -2.55. The normalized spacial score (nSPS) is 51.5. The third-order valence-corrected chi connectivity index (χ3v) is 6.64. The van der Waals surface area contributed by atoms with Gasteiger partial charge in [0, 0.05) is 24.7 Å². The van der Waals surface area contributed by atoms with Crippen molar-refractivity contribution in [2.45, 2.75) is 64.0 Å². The van der Waals surface area contributed by atoms with Crippen LogP contribution in [-0.2, 0) is 0 Å². The number of rotatable bonds is 2. The molecule has 0 aromatic carbocycles. The summed E-state index contributed by atoms with van der Waals surface area (Å²) in [4.78, 5) is 0. The molecule has 0 radical (unpaired) electrons. The van der Waals surface area contributed by atoms with Crippen LogP contribution in [0.2, 0.25) is 0 Å². The van der Waals surface area contributed by atoms with Gasteiger partial charge in [0.1, 0.15) is 0 Å². The van der Waals surface area contributed by atoms with Gasteiger partial charge in [-0.3, -0.25) is 0 Å². The van der Waals surface area contributed by atoms with E-state index in [4.69, 9.17) is 0 Å². The molecule has 4 bridgehead atoms. The topological polar surface area (TPSA) is 24.1 Å². The molecular weight excluding hydrogens is 232 g/mol. The quantitative estimate of drug-likeness (QED) is 0.799. The zero-order valence-electron chi connectivity index (χ0n) is 12.6. The van der Waals surface area contributed by atoms with Crippen LogP contribution in [0, 0.1) is 29.6 Å². The van der Waals surface area contributed by atoms with Crippen molar-refractivity contribution >= 4 is 0 Å². The van der Waals surface area contributed by atoms with Gasteiger partial charge in [-0.05, 0) is 82.0 Å². The predicted octanol–water partition coefficient (Wildman–Crippen LogP) is 2.79. The van der Waals surface area contributed by atoms with Gasteiger partial charge >= 0.3 is 0 Å². The first-order valence-corrected chi connectivity index (χ1v) is 8.57. The molecule has 1 saturated heterocycles. The molecule has 5 rings (SSSR count). The second-order valence-electron chi connectivity index (χ2n) is 8.67. The third-order valence-electron chi connectivity index (χ3n) is 6.64. The summed E-state index contributed by atoms with van der Waals surface area (Å²) in [6, 6.07) is 0.732. The van der Waals surface area contributed by atoms with Crippen molar-refractivity contribution in [1.29, 1.82) is 0 Å². The summed E-state index contributed by atoms with van der Waals surface area (Å²) in [5.74, 6) is 5.47. The lowest BCUT2D eigenvalue weighted by atomic mass is 9.51. The highest BCUT2D eigenvalue weighted by Gasteiger charge is 2.48. The third kappa shape index (κ3) is 2.35. The Kier molecular flexibility index (Phi) is 2.97. The van der Waals surface area contributed by atoms with E-state index in [0.29, 0.717) is 5.54 Å². The Morgan fingerprint density at radius 3 is 2.11 bits per heavy atom. The van der Waals surface area contributed by atoms with E-state index < -0.39 is 0 Å². The molecule has 2 N–H and O–H groups in total. The van der Waals surface area contributed by atoms with Gasteiger partial charge in [0.15, 0.2) is 0 Å². The van der Waals surface area contributed by atoms with Crippen LogP contribution in [0.4, 0.5) is 0 Å². The summed E-state index contributed by atoms with van der Waals surface area (Å²) >= 11 is 0. The Labute approximate surface area is 118 Å². The minimum absolute atomic E-state index is 0.292. The summed E-state index contributed by atoms with van der Waals surface area (Å²) in [5.41, 5.74) is 0.292. The number of hydrogen-bond acceptors (Lipinski definition) is 2. The average molecular weight is 262 g/mol. The Hall–Kier alpha value is -0.0800. The molecule has 0 aromatic rings. The highest BCUT2D eigenvalue weighted by atomic mass is 15.1. The number of piperazine rings is 1. The molecule has 4 aliphatic carbocycles. The summed E-state index contributed by atoms with van der Waals surface area (Å²) < 4.78 is 0. The van der Waals surface area contributed by atoms with Gasteiger partial charge in [-0.2, -0.15) is 0 Å². The first kappa shape index (κ1) is 12.6. The van der Waals surface area contributed by atoms with Crippen molar-refractivity contribution in [3.63, 3.8) is 0 Å². The van der Waals surface area contributed by atoms with Crippen LogP contribution in [0.15, 0.2) is 0 Å². The van der Waals surface area contributed by atoms with Crippen LogP contribution in [0.3, 0.4) is 0 Å². The fourth-order valence-corrected chi connectivity index (χ4v) is 5.85. The average Bonchev–Trinajstić information content (AvgIpc) is 2.35. The van der Waals surface area contributed by atoms with Gasteiger partial charge in [0.05, 0.1) is 0 Å². The zero-order chi connectivity index (χ0) is 13.0. The molecule has 1 aliphatic heterocycles. The first-order chi connectivity index (χ1) is 9.09. The second-order valence-corrected chi connectivity index (χ2v) is 8.67. The SMILES string of the molecule is CC1(C)CNC(CC2C3CC4CC(C3)CC2C4)CN1. The van der Waals surface area contributed by atoms with Gasteiger partial charge in [0.25, 0.3) is 0 Å². The minimum Gasteiger partial charge on any atom is -0.311 e. The highest BCUT2D eigenvalue weighted by molar-refractivity contribution is 5.00. The Bertz CT molecular complexity index is 311. The fourth-order valence-electron chi connectivity index (χ4n) is 5.85. The molecule has 2 nitrogen and oxygen atoms in total.